The number of nitrogens with zero attached hydrogens (tertiary/aromatic N) is 1. The summed E-state index contributed by atoms with van der Waals surface area (Å²) in [5.41, 5.74) is 0.659. The summed E-state index contributed by atoms with van der Waals surface area (Å²) in [5.74, 6) is 0.101. The summed E-state index contributed by atoms with van der Waals surface area (Å²) in [7, 11) is 0. The highest BCUT2D eigenvalue weighted by Crippen LogP contribution is 2.24. The van der Waals surface area contributed by atoms with Crippen LogP contribution in [0.4, 0.5) is 14.9 Å². The third-order valence-electron chi connectivity index (χ3n) is 5.03. The van der Waals surface area contributed by atoms with Crippen LogP contribution in [0.5, 0.6) is 0 Å². The molecule has 1 aliphatic carbocycles. The maximum Gasteiger partial charge on any atom is 0.315 e. The molecule has 0 spiro atoms. The van der Waals surface area contributed by atoms with Gasteiger partial charge in [0.05, 0.1) is 6.04 Å². The Labute approximate surface area is 141 Å². The lowest BCUT2D eigenvalue weighted by atomic mass is 9.86. The van der Waals surface area contributed by atoms with Crippen LogP contribution in [0.15, 0.2) is 24.3 Å². The van der Waals surface area contributed by atoms with Crippen LogP contribution in [0, 0.1) is 11.7 Å². The number of carbonyl (C=O) groups excluding carboxylic acids is 2. The maximum absolute atomic E-state index is 13.0. The summed E-state index contributed by atoms with van der Waals surface area (Å²) in [6, 6.07) is 5.62. The van der Waals surface area contributed by atoms with Crippen LogP contribution in [0.3, 0.4) is 0 Å². The first kappa shape index (κ1) is 16.7. The Morgan fingerprint density at radius 2 is 1.88 bits per heavy atom. The van der Waals surface area contributed by atoms with Crippen molar-refractivity contribution >= 4 is 17.6 Å². The Balaban J connectivity index is 1.54. The molecule has 6 heteroatoms. The first-order valence-electron chi connectivity index (χ1n) is 8.66. The SMILES string of the molecule is C[C@H]1CCCC[C@@H]1NC(=O)N[C@@H]1CC(=O)N(c2ccc(F)cc2)C1. The van der Waals surface area contributed by atoms with Crippen LogP contribution in [0.2, 0.25) is 0 Å². The molecule has 1 heterocycles. The van der Waals surface area contributed by atoms with Gasteiger partial charge in [-0.3, -0.25) is 4.79 Å². The van der Waals surface area contributed by atoms with E-state index in [1.165, 1.54) is 18.6 Å². The second-order valence-electron chi connectivity index (χ2n) is 6.87. The number of hydrogen-bond acceptors (Lipinski definition) is 2. The fourth-order valence-electron chi connectivity index (χ4n) is 3.60. The van der Waals surface area contributed by atoms with Crippen molar-refractivity contribution < 1.29 is 14.0 Å². The van der Waals surface area contributed by atoms with Crippen molar-refractivity contribution in [3.05, 3.63) is 30.1 Å². The van der Waals surface area contributed by atoms with Crippen LogP contribution < -0.4 is 15.5 Å². The molecule has 1 saturated carbocycles. The van der Waals surface area contributed by atoms with E-state index in [0.717, 1.165) is 19.3 Å². The zero-order valence-electron chi connectivity index (χ0n) is 13.9. The second-order valence-corrected chi connectivity index (χ2v) is 6.87. The van der Waals surface area contributed by atoms with E-state index in [0.29, 0.717) is 18.2 Å². The monoisotopic (exact) mass is 333 g/mol. The lowest BCUT2D eigenvalue weighted by Crippen LogP contribution is -2.49. The Morgan fingerprint density at radius 3 is 2.58 bits per heavy atom. The lowest BCUT2D eigenvalue weighted by Gasteiger charge is -2.30. The molecular formula is C18H24FN3O2. The number of urea groups is 1. The number of nitrogens with one attached hydrogen (secondary N) is 2. The average molecular weight is 333 g/mol. The van der Waals surface area contributed by atoms with E-state index < -0.39 is 0 Å². The van der Waals surface area contributed by atoms with Crippen molar-refractivity contribution in [1.29, 1.82) is 0 Å². The van der Waals surface area contributed by atoms with E-state index in [-0.39, 0.29) is 36.3 Å². The molecule has 3 amide bonds. The predicted molar refractivity (Wildman–Crippen MR) is 90.2 cm³/mol. The first-order valence-corrected chi connectivity index (χ1v) is 8.66. The van der Waals surface area contributed by atoms with Gasteiger partial charge in [0.15, 0.2) is 0 Å². The molecule has 0 aromatic heterocycles. The van der Waals surface area contributed by atoms with Crippen LogP contribution >= 0.6 is 0 Å². The molecule has 0 radical (unpaired) electrons. The van der Waals surface area contributed by atoms with Crippen molar-refractivity contribution in [2.45, 2.75) is 51.1 Å². The summed E-state index contributed by atoms with van der Waals surface area (Å²) in [6.45, 7) is 2.58. The number of halogens is 1. The average Bonchev–Trinajstić information content (AvgIpc) is 2.90. The molecule has 3 rings (SSSR count). The molecular weight excluding hydrogens is 309 g/mol. The predicted octanol–water partition coefficient (Wildman–Crippen LogP) is 2.81. The van der Waals surface area contributed by atoms with Crippen molar-refractivity contribution in [3.8, 4) is 0 Å². The summed E-state index contributed by atoms with van der Waals surface area (Å²) in [6.07, 6.45) is 4.80. The van der Waals surface area contributed by atoms with Crippen LogP contribution in [-0.4, -0.2) is 30.6 Å². The van der Waals surface area contributed by atoms with Gasteiger partial charge in [-0.25, -0.2) is 9.18 Å². The maximum atomic E-state index is 13.0. The molecule has 2 N–H and O–H groups in total. The topological polar surface area (TPSA) is 61.4 Å². The minimum atomic E-state index is -0.332. The molecule has 5 nitrogen and oxygen atoms in total. The largest absolute Gasteiger partial charge is 0.335 e. The summed E-state index contributed by atoms with van der Waals surface area (Å²) in [5, 5.41) is 5.94. The molecule has 1 aliphatic heterocycles. The second kappa shape index (κ2) is 7.20. The number of benzene rings is 1. The molecule has 0 bridgehead atoms. The van der Waals surface area contributed by atoms with Gasteiger partial charge in [-0.2, -0.15) is 0 Å². The number of anilines is 1. The van der Waals surface area contributed by atoms with E-state index in [1.54, 1.807) is 17.0 Å². The molecule has 0 unspecified atom stereocenters. The van der Waals surface area contributed by atoms with Crippen molar-refractivity contribution in [2.75, 3.05) is 11.4 Å². The van der Waals surface area contributed by atoms with E-state index in [9.17, 15) is 14.0 Å². The first-order chi connectivity index (χ1) is 11.5. The van der Waals surface area contributed by atoms with Gasteiger partial charge in [0.25, 0.3) is 0 Å². The number of amides is 3. The third kappa shape index (κ3) is 3.86. The molecule has 2 aliphatic rings. The minimum absolute atomic E-state index is 0.0575. The summed E-state index contributed by atoms with van der Waals surface area (Å²) in [4.78, 5) is 26.0. The van der Waals surface area contributed by atoms with Crippen LogP contribution in [0.1, 0.15) is 39.0 Å². The molecule has 24 heavy (non-hydrogen) atoms. The van der Waals surface area contributed by atoms with Gasteiger partial charge in [-0.1, -0.05) is 19.8 Å². The fraction of sp³-hybridized carbons (Fsp3) is 0.556. The lowest BCUT2D eigenvalue weighted by molar-refractivity contribution is -0.117. The zero-order chi connectivity index (χ0) is 17.1. The standard InChI is InChI=1S/C18H24FN3O2/c1-12-4-2-3-5-16(12)21-18(24)20-14-10-17(23)22(11-14)15-8-6-13(19)7-9-15/h6-9,12,14,16H,2-5,10-11H2,1H3,(H2,20,21,24)/t12-,14+,16-/m0/s1. The Hall–Kier alpha value is -2.11. The van der Waals surface area contributed by atoms with E-state index in [4.69, 9.17) is 0 Å². The van der Waals surface area contributed by atoms with Crippen molar-refractivity contribution in [3.63, 3.8) is 0 Å². The van der Waals surface area contributed by atoms with Gasteiger partial charge in [0.2, 0.25) is 5.91 Å². The molecule has 1 aromatic rings. The van der Waals surface area contributed by atoms with E-state index in [2.05, 4.69) is 17.6 Å². The number of rotatable bonds is 3. The highest BCUT2D eigenvalue weighted by Gasteiger charge is 2.32. The van der Waals surface area contributed by atoms with Crippen molar-refractivity contribution in [1.82, 2.24) is 10.6 Å². The fourth-order valence-corrected chi connectivity index (χ4v) is 3.60. The van der Waals surface area contributed by atoms with E-state index >= 15 is 0 Å². The molecule has 1 saturated heterocycles. The summed E-state index contributed by atoms with van der Waals surface area (Å²) < 4.78 is 13.0. The van der Waals surface area contributed by atoms with Crippen LogP contribution in [-0.2, 0) is 4.79 Å². The quantitative estimate of drug-likeness (QED) is 0.893. The minimum Gasteiger partial charge on any atom is -0.335 e. The van der Waals surface area contributed by atoms with Gasteiger partial charge >= 0.3 is 6.03 Å². The highest BCUT2D eigenvalue weighted by atomic mass is 19.1. The van der Waals surface area contributed by atoms with Gasteiger partial charge in [0.1, 0.15) is 5.82 Å². The highest BCUT2D eigenvalue weighted by molar-refractivity contribution is 5.96. The molecule has 3 atom stereocenters. The van der Waals surface area contributed by atoms with Gasteiger partial charge in [-0.05, 0) is 43.0 Å². The number of hydrogen-bond donors (Lipinski definition) is 2. The molecule has 130 valence electrons. The smallest absolute Gasteiger partial charge is 0.315 e. The normalized spacial score (nSPS) is 27.2. The Morgan fingerprint density at radius 1 is 1.17 bits per heavy atom. The van der Waals surface area contributed by atoms with Crippen LogP contribution in [0.25, 0.3) is 0 Å². The zero-order valence-corrected chi connectivity index (χ0v) is 13.9. The summed E-state index contributed by atoms with van der Waals surface area (Å²) >= 11 is 0. The number of carbonyl (C=O) groups is 2. The van der Waals surface area contributed by atoms with Gasteiger partial charge in [0, 0.05) is 24.7 Å². The van der Waals surface area contributed by atoms with Crippen molar-refractivity contribution in [2.24, 2.45) is 5.92 Å². The van der Waals surface area contributed by atoms with Gasteiger partial charge in [-0.15, -0.1) is 0 Å². The third-order valence-corrected chi connectivity index (χ3v) is 5.03. The Kier molecular flexibility index (Phi) is 5.02. The molecule has 2 fully saturated rings. The Bertz CT molecular complexity index is 605. The van der Waals surface area contributed by atoms with E-state index in [1.807, 2.05) is 0 Å². The van der Waals surface area contributed by atoms with Gasteiger partial charge < -0.3 is 15.5 Å². The molecule has 1 aromatic carbocycles.